The lowest BCUT2D eigenvalue weighted by Crippen LogP contribution is -2.27. The average Bonchev–Trinajstić information content (AvgIpc) is 3.24. The lowest BCUT2D eigenvalue weighted by atomic mass is 9.70. The van der Waals surface area contributed by atoms with E-state index >= 15 is 0 Å². The zero-order valence-corrected chi connectivity index (χ0v) is 23.3. The van der Waals surface area contributed by atoms with Gasteiger partial charge in [-0.1, -0.05) is 89.9 Å². The Labute approximate surface area is 222 Å². The van der Waals surface area contributed by atoms with Crippen LogP contribution in [0.4, 0.5) is 0 Å². The van der Waals surface area contributed by atoms with Crippen LogP contribution in [0.25, 0.3) is 16.7 Å². The molecule has 0 saturated carbocycles. The van der Waals surface area contributed by atoms with Crippen LogP contribution in [0.5, 0.6) is 5.75 Å². The second kappa shape index (κ2) is 10.1. The molecule has 7 nitrogen and oxygen atoms in total. The summed E-state index contributed by atoms with van der Waals surface area (Å²) in [4.78, 5) is 2.18. The molecule has 0 atom stereocenters. The zero-order valence-electron chi connectivity index (χ0n) is 22.4. The van der Waals surface area contributed by atoms with Gasteiger partial charge in [0.1, 0.15) is 22.5 Å². The normalized spacial score (nSPS) is 12.9. The summed E-state index contributed by atoms with van der Waals surface area (Å²) in [6, 6.07) is 19.7. The van der Waals surface area contributed by atoms with E-state index in [4.69, 9.17) is 5.26 Å². The van der Waals surface area contributed by atoms with Gasteiger partial charge in [0.25, 0.3) is 0 Å². The molecule has 37 heavy (non-hydrogen) atoms. The number of phenolic OH excluding ortho intramolecular Hbond substituents is 1. The summed E-state index contributed by atoms with van der Waals surface area (Å²) < 4.78 is 4.54. The number of fused-ring (bicyclic) bond motifs is 1. The lowest BCUT2D eigenvalue weighted by molar-refractivity contribution is -0.432. The van der Waals surface area contributed by atoms with Gasteiger partial charge >= 0.3 is 0 Å². The molecular weight excluding hydrogens is 486 g/mol. The van der Waals surface area contributed by atoms with Crippen molar-refractivity contribution in [1.29, 1.82) is 0 Å². The van der Waals surface area contributed by atoms with Crippen LogP contribution in [0.3, 0.4) is 0 Å². The molecule has 1 heterocycles. The Morgan fingerprint density at radius 3 is 2.16 bits per heavy atom. The molecule has 0 radical (unpaired) electrons. The maximum absolute atomic E-state index is 11.7. The fourth-order valence-electron chi connectivity index (χ4n) is 5.19. The van der Waals surface area contributed by atoms with Crippen LogP contribution in [0.15, 0.2) is 65.6 Å². The molecule has 2 N–H and O–H groups in total. The molecule has 0 aliphatic carbocycles. The molecule has 0 spiro atoms. The van der Waals surface area contributed by atoms with Crippen molar-refractivity contribution in [2.45, 2.75) is 70.6 Å². The average molecular weight is 522 g/mol. The summed E-state index contributed by atoms with van der Waals surface area (Å²) in [5, 5.41) is 33.2. The first-order valence-electron chi connectivity index (χ1n) is 12.3. The summed E-state index contributed by atoms with van der Waals surface area (Å²) in [5.41, 5.74) is 4.33. The Kier molecular flexibility index (Phi) is 7.41. The van der Waals surface area contributed by atoms with Crippen molar-refractivity contribution >= 4 is 23.1 Å². The molecule has 0 unspecified atom stereocenters. The first-order chi connectivity index (χ1) is 17.3. The highest BCUT2D eigenvalue weighted by molar-refractivity contribution is 7.94. The predicted octanol–water partition coefficient (Wildman–Crippen LogP) is 7.59. The van der Waals surface area contributed by atoms with Crippen molar-refractivity contribution in [3.63, 3.8) is 0 Å². The van der Waals surface area contributed by atoms with Crippen LogP contribution in [-0.4, -0.2) is 25.4 Å². The van der Waals surface area contributed by atoms with Crippen LogP contribution >= 0.6 is 12.0 Å². The van der Waals surface area contributed by atoms with Crippen molar-refractivity contribution in [3.8, 4) is 11.4 Å². The van der Waals surface area contributed by atoms with Gasteiger partial charge in [-0.15, -0.1) is 19.3 Å². The minimum atomic E-state index is -0.466. The molecule has 4 aromatic rings. The van der Waals surface area contributed by atoms with E-state index in [1.807, 2.05) is 24.3 Å². The quantitative estimate of drug-likeness (QED) is 0.140. The second-order valence-electron chi connectivity index (χ2n) is 11.9. The van der Waals surface area contributed by atoms with Crippen LogP contribution < -0.4 is 0 Å². The van der Waals surface area contributed by atoms with Crippen molar-refractivity contribution in [2.24, 2.45) is 5.41 Å². The topological polar surface area (TPSA) is 89.6 Å². The largest absolute Gasteiger partial charge is 0.505 e. The van der Waals surface area contributed by atoms with Gasteiger partial charge in [-0.25, -0.2) is 5.26 Å². The highest BCUT2D eigenvalue weighted by Crippen LogP contribution is 2.44. The van der Waals surface area contributed by atoms with Crippen LogP contribution in [0.1, 0.15) is 71.6 Å². The molecule has 3 aromatic carbocycles. The number of rotatable bonds is 8. The predicted molar refractivity (Wildman–Crippen MR) is 147 cm³/mol. The second-order valence-corrected chi connectivity index (χ2v) is 12.6. The highest BCUT2D eigenvalue weighted by Gasteiger charge is 2.33. The smallest absolute Gasteiger partial charge is 0.147 e. The zero-order chi connectivity index (χ0) is 27.0. The van der Waals surface area contributed by atoms with Crippen LogP contribution in [-0.2, 0) is 20.2 Å². The first kappa shape index (κ1) is 27.1. The number of hydrogen-bond acceptors (Lipinski definition) is 7. The van der Waals surface area contributed by atoms with Gasteiger partial charge in [-0.05, 0) is 52.6 Å². The first-order valence-corrected chi connectivity index (χ1v) is 13.0. The maximum atomic E-state index is 11.7. The molecule has 0 fully saturated rings. The Bertz CT molecular complexity index is 1390. The van der Waals surface area contributed by atoms with Gasteiger partial charge in [0.15, 0.2) is 0 Å². The summed E-state index contributed by atoms with van der Waals surface area (Å²) in [6.45, 7) is 15.5. The summed E-state index contributed by atoms with van der Waals surface area (Å²) in [6.07, 6.45) is 0.956. The third-order valence-corrected chi connectivity index (χ3v) is 7.32. The standard InChI is InChI=1S/C29H35N3O4S/c1-27(2,3)18-28(4,5)20-15-22(29(6,7)19-11-9-8-10-12-19)26(33)25(16-20)32-30-23-14-13-21(37-36-35-34)17-24(23)31-32/h8-17,33-34H,18H2,1-7H3. The van der Waals surface area contributed by atoms with Gasteiger partial charge in [0.05, 0.1) is 12.0 Å². The molecule has 8 heteroatoms. The van der Waals surface area contributed by atoms with Gasteiger partial charge < -0.3 is 5.11 Å². The van der Waals surface area contributed by atoms with E-state index in [2.05, 4.69) is 86.2 Å². The molecule has 1 aromatic heterocycles. The van der Waals surface area contributed by atoms with E-state index < -0.39 is 5.41 Å². The Morgan fingerprint density at radius 1 is 0.838 bits per heavy atom. The van der Waals surface area contributed by atoms with Gasteiger partial charge in [-0.2, -0.15) is 0 Å². The Morgan fingerprint density at radius 2 is 1.51 bits per heavy atom. The SMILES string of the molecule is CC(C)(C)CC(C)(C)c1cc(-n2nc3ccc(SOOO)cc3n2)c(O)c(C(C)(C)c2ccccc2)c1. The molecule has 0 amide bonds. The molecule has 196 valence electrons. The summed E-state index contributed by atoms with van der Waals surface area (Å²) >= 11 is 0.859. The molecule has 4 rings (SSSR count). The van der Waals surface area contributed by atoms with Gasteiger partial charge in [0, 0.05) is 15.9 Å². The van der Waals surface area contributed by atoms with E-state index in [1.165, 1.54) is 4.80 Å². The van der Waals surface area contributed by atoms with E-state index in [-0.39, 0.29) is 16.6 Å². The van der Waals surface area contributed by atoms with Crippen molar-refractivity contribution in [3.05, 3.63) is 77.4 Å². The summed E-state index contributed by atoms with van der Waals surface area (Å²) in [7, 11) is 0. The number of benzene rings is 3. The monoisotopic (exact) mass is 521 g/mol. The number of aromatic nitrogens is 3. The summed E-state index contributed by atoms with van der Waals surface area (Å²) in [5.74, 6) is 0.149. The fourth-order valence-corrected chi connectivity index (χ4v) is 5.58. The number of nitrogens with zero attached hydrogens (tertiary/aromatic N) is 3. The number of aromatic hydroxyl groups is 1. The van der Waals surface area contributed by atoms with E-state index in [0.717, 1.165) is 35.2 Å². The third kappa shape index (κ3) is 5.83. The Hall–Kier alpha value is -2.91. The molecule has 0 bridgehead atoms. The van der Waals surface area contributed by atoms with Gasteiger partial charge in [0.2, 0.25) is 0 Å². The molecule has 0 aliphatic rings. The fraction of sp³-hybridized carbons (Fsp3) is 0.379. The minimum Gasteiger partial charge on any atom is -0.505 e. The van der Waals surface area contributed by atoms with Gasteiger partial charge in [-0.3, -0.25) is 0 Å². The van der Waals surface area contributed by atoms with E-state index in [1.54, 1.807) is 18.2 Å². The third-order valence-electron chi connectivity index (χ3n) is 6.74. The van der Waals surface area contributed by atoms with E-state index in [9.17, 15) is 5.11 Å². The minimum absolute atomic E-state index is 0.115. The number of hydrogen-bond donors (Lipinski definition) is 2. The van der Waals surface area contributed by atoms with Crippen LogP contribution in [0, 0.1) is 5.41 Å². The highest BCUT2D eigenvalue weighted by atomic mass is 32.2. The number of phenols is 1. The molecule has 0 saturated heterocycles. The Balaban J connectivity index is 1.91. The lowest BCUT2D eigenvalue weighted by Gasteiger charge is -2.35. The van der Waals surface area contributed by atoms with Crippen LogP contribution in [0.2, 0.25) is 0 Å². The maximum Gasteiger partial charge on any atom is 0.147 e. The van der Waals surface area contributed by atoms with Crippen molar-refractivity contribution in [1.82, 2.24) is 15.0 Å². The van der Waals surface area contributed by atoms with Crippen molar-refractivity contribution in [2.75, 3.05) is 0 Å². The molecule has 0 aliphatic heterocycles. The van der Waals surface area contributed by atoms with E-state index in [0.29, 0.717) is 21.6 Å². The van der Waals surface area contributed by atoms with Crippen molar-refractivity contribution < 1.29 is 19.7 Å². The molecular formula is C29H35N3O4S.